The number of hydrogen-bond donors (Lipinski definition) is 2. The van der Waals surface area contributed by atoms with Crippen LogP contribution in [0.5, 0.6) is 0 Å². The van der Waals surface area contributed by atoms with Crippen molar-refractivity contribution in [1.29, 1.82) is 0 Å². The van der Waals surface area contributed by atoms with Gasteiger partial charge in [0.25, 0.3) is 0 Å². The number of carboxylic acid groups (broad SMARTS) is 1. The number of nitrogens with one attached hydrogen (secondary N) is 1. The van der Waals surface area contributed by atoms with Gasteiger partial charge in [0, 0.05) is 12.0 Å². The summed E-state index contributed by atoms with van der Waals surface area (Å²) in [5.74, 6) is 0.873. The highest BCUT2D eigenvalue weighted by Crippen LogP contribution is 2.25. The number of carbonyl (C=O) groups is 1. The van der Waals surface area contributed by atoms with Gasteiger partial charge >= 0.3 is 5.97 Å². The van der Waals surface area contributed by atoms with Crippen LogP contribution in [0.2, 0.25) is 0 Å². The third-order valence-electron chi connectivity index (χ3n) is 2.91. The maximum atomic E-state index is 11.0. The van der Waals surface area contributed by atoms with Gasteiger partial charge < -0.3 is 14.8 Å². The lowest BCUT2D eigenvalue weighted by Gasteiger charge is -2.28. The first-order chi connectivity index (χ1) is 7.65. The molecular weight excluding hydrogens is 218 g/mol. The highest BCUT2D eigenvalue weighted by atomic mass is 16.4. The van der Waals surface area contributed by atoms with Crippen molar-refractivity contribution in [3.63, 3.8) is 0 Å². The van der Waals surface area contributed by atoms with Gasteiger partial charge in [0.05, 0.1) is 0 Å². The molecule has 0 aliphatic carbocycles. The summed E-state index contributed by atoms with van der Waals surface area (Å²) in [4.78, 5) is 11.0. The molecule has 0 atom stereocenters. The molecule has 96 valence electrons. The third kappa shape index (κ3) is 3.33. The van der Waals surface area contributed by atoms with E-state index in [1.54, 1.807) is 13.8 Å². The lowest BCUT2D eigenvalue weighted by atomic mass is 9.89. The maximum Gasteiger partial charge on any atom is 0.323 e. The number of rotatable bonds is 5. The van der Waals surface area contributed by atoms with Gasteiger partial charge in [-0.25, -0.2) is 0 Å². The molecule has 17 heavy (non-hydrogen) atoms. The van der Waals surface area contributed by atoms with Crippen molar-refractivity contribution in [3.05, 3.63) is 23.7 Å². The van der Waals surface area contributed by atoms with Crippen molar-refractivity contribution < 1.29 is 14.3 Å². The zero-order valence-electron chi connectivity index (χ0n) is 11.1. The highest BCUT2D eigenvalue weighted by molar-refractivity contribution is 5.77. The molecule has 0 radical (unpaired) electrons. The molecule has 1 heterocycles. The second kappa shape index (κ2) is 4.53. The van der Waals surface area contributed by atoms with Crippen LogP contribution in [0.3, 0.4) is 0 Å². The molecule has 2 N–H and O–H groups in total. The van der Waals surface area contributed by atoms with Crippen LogP contribution in [0.1, 0.15) is 39.2 Å². The fraction of sp³-hybridized carbons (Fsp3) is 0.615. The van der Waals surface area contributed by atoms with E-state index in [1.165, 1.54) is 0 Å². The van der Waals surface area contributed by atoms with Crippen LogP contribution >= 0.6 is 0 Å². The zero-order valence-corrected chi connectivity index (χ0v) is 11.1. The summed E-state index contributed by atoms with van der Waals surface area (Å²) in [7, 11) is 0. The standard InChI is InChI=1S/C13H21NO3/c1-9-6-7-10(17-9)12(2,3)8-14-13(4,5)11(15)16/h6-7,14H,8H2,1-5H3,(H,15,16). The van der Waals surface area contributed by atoms with E-state index in [1.807, 2.05) is 32.9 Å². The molecule has 0 spiro atoms. The molecule has 0 unspecified atom stereocenters. The number of hydrogen-bond acceptors (Lipinski definition) is 3. The molecule has 0 bridgehead atoms. The number of aryl methyl sites for hydroxylation is 1. The van der Waals surface area contributed by atoms with E-state index in [0.29, 0.717) is 6.54 Å². The first-order valence-electron chi connectivity index (χ1n) is 5.70. The molecule has 0 aromatic carbocycles. The van der Waals surface area contributed by atoms with Gasteiger partial charge in [0.1, 0.15) is 17.1 Å². The molecular formula is C13H21NO3. The van der Waals surface area contributed by atoms with Crippen LogP contribution in [0, 0.1) is 6.92 Å². The van der Waals surface area contributed by atoms with Crippen molar-refractivity contribution in [2.45, 2.75) is 45.6 Å². The second-order valence-electron chi connectivity index (χ2n) is 5.58. The van der Waals surface area contributed by atoms with Crippen LogP contribution in [0.15, 0.2) is 16.5 Å². The topological polar surface area (TPSA) is 62.5 Å². The Bertz CT molecular complexity index is 405. The van der Waals surface area contributed by atoms with E-state index >= 15 is 0 Å². The average molecular weight is 239 g/mol. The second-order valence-corrected chi connectivity index (χ2v) is 5.58. The Morgan fingerprint density at radius 3 is 2.35 bits per heavy atom. The molecule has 0 saturated heterocycles. The van der Waals surface area contributed by atoms with Crippen molar-refractivity contribution >= 4 is 5.97 Å². The summed E-state index contributed by atoms with van der Waals surface area (Å²) in [5, 5.41) is 12.1. The monoisotopic (exact) mass is 239 g/mol. The van der Waals surface area contributed by atoms with Crippen molar-refractivity contribution in [1.82, 2.24) is 5.32 Å². The zero-order chi connectivity index (χ0) is 13.3. The summed E-state index contributed by atoms with van der Waals surface area (Å²) in [5.41, 5.74) is -1.17. The lowest BCUT2D eigenvalue weighted by Crippen LogP contribution is -2.50. The van der Waals surface area contributed by atoms with Gasteiger partial charge in [0.2, 0.25) is 0 Å². The predicted octanol–water partition coefficient (Wildman–Crippen LogP) is 2.32. The van der Waals surface area contributed by atoms with E-state index in [4.69, 9.17) is 9.52 Å². The van der Waals surface area contributed by atoms with Crippen LogP contribution < -0.4 is 5.32 Å². The summed E-state index contributed by atoms with van der Waals surface area (Å²) in [6, 6.07) is 3.85. The van der Waals surface area contributed by atoms with Crippen LogP contribution in [-0.2, 0) is 10.2 Å². The Morgan fingerprint density at radius 2 is 1.94 bits per heavy atom. The molecule has 1 aromatic heterocycles. The van der Waals surface area contributed by atoms with Gasteiger partial charge in [-0.1, -0.05) is 13.8 Å². The molecule has 0 aliphatic heterocycles. The normalized spacial score (nSPS) is 12.8. The minimum Gasteiger partial charge on any atom is -0.480 e. The fourth-order valence-corrected chi connectivity index (χ4v) is 1.40. The highest BCUT2D eigenvalue weighted by Gasteiger charge is 2.31. The first kappa shape index (κ1) is 13.8. The first-order valence-corrected chi connectivity index (χ1v) is 5.70. The SMILES string of the molecule is Cc1ccc(C(C)(C)CNC(C)(C)C(=O)O)o1. The molecule has 0 aliphatic rings. The Balaban J connectivity index is 2.71. The molecule has 4 nitrogen and oxygen atoms in total. The largest absolute Gasteiger partial charge is 0.480 e. The van der Waals surface area contributed by atoms with Gasteiger partial charge in [-0.05, 0) is 32.9 Å². The van der Waals surface area contributed by atoms with Crippen molar-refractivity contribution in [3.8, 4) is 0 Å². The molecule has 0 amide bonds. The predicted molar refractivity (Wildman–Crippen MR) is 66.2 cm³/mol. The smallest absolute Gasteiger partial charge is 0.323 e. The molecule has 4 heteroatoms. The van der Waals surface area contributed by atoms with Crippen LogP contribution in [0.25, 0.3) is 0 Å². The number of aliphatic carboxylic acids is 1. The molecule has 0 saturated carbocycles. The molecule has 1 aromatic rings. The Kier molecular flexibility index (Phi) is 3.67. The summed E-state index contributed by atoms with van der Waals surface area (Å²) in [6.45, 7) is 9.79. The minimum atomic E-state index is -0.932. The van der Waals surface area contributed by atoms with E-state index in [0.717, 1.165) is 11.5 Å². The number of carboxylic acids is 1. The summed E-state index contributed by atoms with van der Waals surface area (Å²) < 4.78 is 5.59. The van der Waals surface area contributed by atoms with Crippen molar-refractivity contribution in [2.24, 2.45) is 0 Å². The Hall–Kier alpha value is -1.29. The van der Waals surface area contributed by atoms with E-state index < -0.39 is 11.5 Å². The minimum absolute atomic E-state index is 0.235. The fourth-order valence-electron chi connectivity index (χ4n) is 1.40. The quantitative estimate of drug-likeness (QED) is 0.827. The van der Waals surface area contributed by atoms with Crippen molar-refractivity contribution in [2.75, 3.05) is 6.54 Å². The summed E-state index contributed by atoms with van der Waals surface area (Å²) in [6.07, 6.45) is 0. The van der Waals surface area contributed by atoms with Gasteiger partial charge in [-0.2, -0.15) is 0 Å². The van der Waals surface area contributed by atoms with Gasteiger partial charge in [-0.3, -0.25) is 4.79 Å². The van der Waals surface area contributed by atoms with E-state index in [2.05, 4.69) is 5.32 Å². The van der Waals surface area contributed by atoms with Crippen LogP contribution in [-0.4, -0.2) is 23.2 Å². The van der Waals surface area contributed by atoms with Gasteiger partial charge in [0.15, 0.2) is 0 Å². The van der Waals surface area contributed by atoms with Gasteiger partial charge in [-0.15, -0.1) is 0 Å². The van der Waals surface area contributed by atoms with Crippen LogP contribution in [0.4, 0.5) is 0 Å². The van der Waals surface area contributed by atoms with E-state index in [9.17, 15) is 4.79 Å². The third-order valence-corrected chi connectivity index (χ3v) is 2.91. The average Bonchev–Trinajstić information content (AvgIpc) is 2.63. The Morgan fingerprint density at radius 1 is 1.35 bits per heavy atom. The maximum absolute atomic E-state index is 11.0. The lowest BCUT2D eigenvalue weighted by molar-refractivity contribution is -0.143. The summed E-state index contributed by atoms with van der Waals surface area (Å²) >= 11 is 0. The molecule has 1 rings (SSSR count). The van der Waals surface area contributed by atoms with E-state index in [-0.39, 0.29) is 5.41 Å². The number of furan rings is 1. The Labute approximate surface area is 102 Å². The molecule has 0 fully saturated rings.